The van der Waals surface area contributed by atoms with Gasteiger partial charge in [-0.3, -0.25) is 0 Å². The third-order valence-electron chi connectivity index (χ3n) is 3.65. The number of benzene rings is 2. The minimum atomic E-state index is -0.604. The number of likely N-dealkylation sites (N-methyl/N-ethyl adjacent to an activating group) is 1. The SMILES string of the molecule is CN(C)c1ccccc1N(C)CC(O)c1ccc(C#N)cc1. The zero-order valence-corrected chi connectivity index (χ0v) is 13.2. The Kier molecular flexibility index (Phi) is 5.03. The maximum Gasteiger partial charge on any atom is 0.0991 e. The Morgan fingerprint density at radius 3 is 2.14 bits per heavy atom. The van der Waals surface area contributed by atoms with Crippen LogP contribution in [0.2, 0.25) is 0 Å². The Balaban J connectivity index is 2.14. The summed E-state index contributed by atoms with van der Waals surface area (Å²) in [5.41, 5.74) is 3.59. The molecule has 0 aliphatic carbocycles. The lowest BCUT2D eigenvalue weighted by Crippen LogP contribution is -2.26. The summed E-state index contributed by atoms with van der Waals surface area (Å²) in [6.45, 7) is 0.483. The molecule has 0 saturated heterocycles. The highest BCUT2D eigenvalue weighted by atomic mass is 16.3. The predicted molar refractivity (Wildman–Crippen MR) is 90.2 cm³/mol. The standard InChI is InChI=1S/C18H21N3O/c1-20(2)16-6-4-5-7-17(16)21(3)13-18(22)15-10-8-14(12-19)9-11-15/h4-11,18,22H,13H2,1-3H3. The van der Waals surface area contributed by atoms with Crippen molar-refractivity contribution in [1.82, 2.24) is 0 Å². The number of hydrogen-bond acceptors (Lipinski definition) is 4. The van der Waals surface area contributed by atoms with Crippen LogP contribution in [-0.2, 0) is 0 Å². The first-order valence-electron chi connectivity index (χ1n) is 7.18. The van der Waals surface area contributed by atoms with E-state index in [0.717, 1.165) is 16.9 Å². The molecule has 0 aliphatic rings. The molecule has 22 heavy (non-hydrogen) atoms. The van der Waals surface area contributed by atoms with E-state index in [1.807, 2.05) is 44.2 Å². The third kappa shape index (κ3) is 3.57. The van der Waals surface area contributed by atoms with E-state index in [2.05, 4.69) is 17.0 Å². The highest BCUT2D eigenvalue weighted by molar-refractivity contribution is 5.70. The van der Waals surface area contributed by atoms with Crippen LogP contribution in [0.4, 0.5) is 11.4 Å². The van der Waals surface area contributed by atoms with Crippen LogP contribution in [0, 0.1) is 11.3 Å². The monoisotopic (exact) mass is 295 g/mol. The molecule has 4 heteroatoms. The number of aliphatic hydroxyl groups is 1. The van der Waals surface area contributed by atoms with Crippen LogP contribution in [0.25, 0.3) is 0 Å². The molecule has 0 radical (unpaired) electrons. The van der Waals surface area contributed by atoms with Crippen LogP contribution in [0.5, 0.6) is 0 Å². The molecule has 2 aromatic rings. The molecule has 4 nitrogen and oxygen atoms in total. The molecule has 1 N–H and O–H groups in total. The van der Waals surface area contributed by atoms with Crippen LogP contribution in [0.1, 0.15) is 17.2 Å². The van der Waals surface area contributed by atoms with Crippen molar-refractivity contribution in [2.45, 2.75) is 6.10 Å². The van der Waals surface area contributed by atoms with E-state index in [9.17, 15) is 5.11 Å². The topological polar surface area (TPSA) is 50.5 Å². The molecule has 2 aromatic carbocycles. The first kappa shape index (κ1) is 15.9. The number of nitrogens with zero attached hydrogens (tertiary/aromatic N) is 3. The Hall–Kier alpha value is -2.51. The van der Waals surface area contributed by atoms with Gasteiger partial charge in [0, 0.05) is 27.7 Å². The summed E-state index contributed by atoms with van der Waals surface area (Å²) < 4.78 is 0. The van der Waals surface area contributed by atoms with Gasteiger partial charge >= 0.3 is 0 Å². The van der Waals surface area contributed by atoms with Gasteiger partial charge in [0.1, 0.15) is 0 Å². The molecule has 0 amide bonds. The minimum Gasteiger partial charge on any atom is -0.387 e. The van der Waals surface area contributed by atoms with Gasteiger partial charge in [0.25, 0.3) is 0 Å². The van der Waals surface area contributed by atoms with Gasteiger partial charge in [-0.05, 0) is 29.8 Å². The molecule has 0 fully saturated rings. The Morgan fingerprint density at radius 2 is 1.59 bits per heavy atom. The summed E-state index contributed by atoms with van der Waals surface area (Å²) in [6.07, 6.45) is -0.604. The normalized spacial score (nSPS) is 11.6. The van der Waals surface area contributed by atoms with Gasteiger partial charge in [0.15, 0.2) is 0 Å². The van der Waals surface area contributed by atoms with Gasteiger partial charge < -0.3 is 14.9 Å². The largest absolute Gasteiger partial charge is 0.387 e. The van der Waals surface area contributed by atoms with Crippen molar-refractivity contribution < 1.29 is 5.11 Å². The maximum atomic E-state index is 10.4. The second-order valence-corrected chi connectivity index (χ2v) is 5.51. The van der Waals surface area contributed by atoms with E-state index in [1.54, 1.807) is 24.3 Å². The lowest BCUT2D eigenvalue weighted by molar-refractivity contribution is 0.185. The van der Waals surface area contributed by atoms with Gasteiger partial charge in [-0.1, -0.05) is 24.3 Å². The third-order valence-corrected chi connectivity index (χ3v) is 3.65. The van der Waals surface area contributed by atoms with E-state index in [-0.39, 0.29) is 0 Å². The maximum absolute atomic E-state index is 10.4. The number of rotatable bonds is 5. The Morgan fingerprint density at radius 1 is 1.00 bits per heavy atom. The highest BCUT2D eigenvalue weighted by Gasteiger charge is 2.14. The van der Waals surface area contributed by atoms with Crippen LogP contribution in [0.15, 0.2) is 48.5 Å². The van der Waals surface area contributed by atoms with Crippen molar-refractivity contribution in [3.63, 3.8) is 0 Å². The summed E-state index contributed by atoms with van der Waals surface area (Å²) in [6, 6.07) is 17.2. The van der Waals surface area contributed by atoms with E-state index < -0.39 is 6.10 Å². The van der Waals surface area contributed by atoms with Crippen LogP contribution < -0.4 is 9.80 Å². The molecule has 0 spiro atoms. The van der Waals surface area contributed by atoms with E-state index in [4.69, 9.17) is 5.26 Å². The Labute approximate surface area is 131 Å². The fourth-order valence-corrected chi connectivity index (χ4v) is 2.41. The molecule has 0 bridgehead atoms. The van der Waals surface area contributed by atoms with Crippen molar-refractivity contribution in [2.24, 2.45) is 0 Å². The number of nitriles is 1. The van der Waals surface area contributed by atoms with Gasteiger partial charge in [0.2, 0.25) is 0 Å². The summed E-state index contributed by atoms with van der Waals surface area (Å²) in [7, 11) is 5.97. The predicted octanol–water partition coefficient (Wildman–Crippen LogP) is 2.79. The summed E-state index contributed by atoms with van der Waals surface area (Å²) in [5, 5.41) is 19.2. The number of para-hydroxylation sites is 2. The Bertz CT molecular complexity index is 659. The van der Waals surface area contributed by atoms with Crippen molar-refractivity contribution in [3.8, 4) is 6.07 Å². The van der Waals surface area contributed by atoms with Crippen molar-refractivity contribution >= 4 is 11.4 Å². The molecule has 0 aromatic heterocycles. The van der Waals surface area contributed by atoms with Crippen LogP contribution in [0.3, 0.4) is 0 Å². The summed E-state index contributed by atoms with van der Waals surface area (Å²) in [4.78, 5) is 4.10. The minimum absolute atomic E-state index is 0.483. The van der Waals surface area contributed by atoms with Crippen molar-refractivity contribution in [3.05, 3.63) is 59.7 Å². The van der Waals surface area contributed by atoms with Gasteiger partial charge in [-0.15, -0.1) is 0 Å². The molecule has 1 atom stereocenters. The molecule has 0 aliphatic heterocycles. The summed E-state index contributed by atoms with van der Waals surface area (Å²) >= 11 is 0. The first-order chi connectivity index (χ1) is 10.5. The molecule has 1 unspecified atom stereocenters. The molecule has 114 valence electrons. The molecular weight excluding hydrogens is 274 g/mol. The highest BCUT2D eigenvalue weighted by Crippen LogP contribution is 2.28. The van der Waals surface area contributed by atoms with E-state index in [0.29, 0.717) is 12.1 Å². The smallest absolute Gasteiger partial charge is 0.0991 e. The second-order valence-electron chi connectivity index (χ2n) is 5.51. The molecule has 2 rings (SSSR count). The van der Waals surface area contributed by atoms with Crippen molar-refractivity contribution in [2.75, 3.05) is 37.5 Å². The number of aliphatic hydroxyl groups excluding tert-OH is 1. The number of hydrogen-bond donors (Lipinski definition) is 1. The van der Waals surface area contributed by atoms with Crippen LogP contribution >= 0.6 is 0 Å². The molecular formula is C18H21N3O. The van der Waals surface area contributed by atoms with Crippen molar-refractivity contribution in [1.29, 1.82) is 5.26 Å². The zero-order valence-electron chi connectivity index (χ0n) is 13.2. The lowest BCUT2D eigenvalue weighted by Gasteiger charge is -2.27. The van der Waals surface area contributed by atoms with Gasteiger partial charge in [-0.2, -0.15) is 5.26 Å². The van der Waals surface area contributed by atoms with Gasteiger partial charge in [-0.25, -0.2) is 0 Å². The van der Waals surface area contributed by atoms with Gasteiger partial charge in [0.05, 0.1) is 29.1 Å². The average Bonchev–Trinajstić information content (AvgIpc) is 2.54. The fraction of sp³-hybridized carbons (Fsp3) is 0.278. The number of anilines is 2. The summed E-state index contributed by atoms with van der Waals surface area (Å²) in [5.74, 6) is 0. The second kappa shape index (κ2) is 6.97. The molecule has 0 heterocycles. The first-order valence-corrected chi connectivity index (χ1v) is 7.18. The fourth-order valence-electron chi connectivity index (χ4n) is 2.41. The average molecular weight is 295 g/mol. The van der Waals surface area contributed by atoms with Crippen LogP contribution in [-0.4, -0.2) is 32.8 Å². The lowest BCUT2D eigenvalue weighted by atomic mass is 10.1. The van der Waals surface area contributed by atoms with E-state index in [1.165, 1.54) is 0 Å². The quantitative estimate of drug-likeness (QED) is 0.921. The van der Waals surface area contributed by atoms with E-state index >= 15 is 0 Å². The zero-order chi connectivity index (χ0) is 16.1. The molecule has 0 saturated carbocycles.